The van der Waals surface area contributed by atoms with Gasteiger partial charge in [0, 0.05) is 6.54 Å². The minimum atomic E-state index is -0.964. The van der Waals surface area contributed by atoms with Gasteiger partial charge in [0.2, 0.25) is 0 Å². The molecule has 5 nitrogen and oxygen atoms in total. The van der Waals surface area contributed by atoms with E-state index in [-0.39, 0.29) is 5.92 Å². The number of carboxylic acid groups (broad SMARTS) is 1. The van der Waals surface area contributed by atoms with Crippen LogP contribution in [0.15, 0.2) is 16.8 Å². The molecule has 1 aromatic heterocycles. The Labute approximate surface area is 128 Å². The largest absolute Gasteiger partial charge is 0.480 e. The first kappa shape index (κ1) is 15.8. The van der Waals surface area contributed by atoms with Crippen LogP contribution < -0.4 is 0 Å². The SMILES string of the molecule is CC(C)(C)OC(=O)N1C[C@@H](Cc2ccsc2)C[C@@H]1C(=O)O. The number of likely N-dealkylation sites (tertiary alicyclic amines) is 1. The van der Waals surface area contributed by atoms with Crippen molar-refractivity contribution in [3.05, 3.63) is 22.4 Å². The first-order valence-electron chi connectivity index (χ1n) is 7.00. The van der Waals surface area contributed by atoms with Gasteiger partial charge in [-0.05, 0) is 61.9 Å². The van der Waals surface area contributed by atoms with E-state index in [4.69, 9.17) is 4.74 Å². The minimum Gasteiger partial charge on any atom is -0.480 e. The number of rotatable bonds is 3. The van der Waals surface area contributed by atoms with Crippen LogP contribution in [0.25, 0.3) is 0 Å². The third-order valence-corrected chi connectivity index (χ3v) is 4.14. The zero-order chi connectivity index (χ0) is 15.6. The number of ether oxygens (including phenoxy) is 1. The summed E-state index contributed by atoms with van der Waals surface area (Å²) in [7, 11) is 0. The van der Waals surface area contributed by atoms with Gasteiger partial charge in [-0.2, -0.15) is 11.3 Å². The zero-order valence-electron chi connectivity index (χ0n) is 12.5. The molecule has 0 spiro atoms. The van der Waals surface area contributed by atoms with Crippen molar-refractivity contribution in [1.29, 1.82) is 0 Å². The van der Waals surface area contributed by atoms with E-state index in [0.717, 1.165) is 6.42 Å². The zero-order valence-corrected chi connectivity index (χ0v) is 13.4. The Bertz CT molecular complexity index is 506. The summed E-state index contributed by atoms with van der Waals surface area (Å²) in [5, 5.41) is 13.4. The summed E-state index contributed by atoms with van der Waals surface area (Å²) in [4.78, 5) is 24.9. The fourth-order valence-electron chi connectivity index (χ4n) is 2.57. The Morgan fingerprint density at radius 2 is 2.19 bits per heavy atom. The summed E-state index contributed by atoms with van der Waals surface area (Å²) in [5.41, 5.74) is 0.575. The van der Waals surface area contributed by atoms with E-state index in [1.54, 1.807) is 32.1 Å². The van der Waals surface area contributed by atoms with Crippen molar-refractivity contribution < 1.29 is 19.4 Å². The van der Waals surface area contributed by atoms with Gasteiger partial charge in [-0.25, -0.2) is 9.59 Å². The number of carboxylic acids is 1. The highest BCUT2D eigenvalue weighted by molar-refractivity contribution is 7.07. The predicted octanol–water partition coefficient (Wildman–Crippen LogP) is 3.00. The number of hydrogen-bond donors (Lipinski definition) is 1. The maximum atomic E-state index is 12.2. The molecule has 1 amide bonds. The van der Waals surface area contributed by atoms with E-state index in [0.29, 0.717) is 13.0 Å². The number of aliphatic carboxylic acids is 1. The molecule has 0 unspecified atom stereocenters. The van der Waals surface area contributed by atoms with Gasteiger partial charge in [0.25, 0.3) is 0 Å². The van der Waals surface area contributed by atoms with Gasteiger partial charge < -0.3 is 9.84 Å². The Morgan fingerprint density at radius 3 is 2.71 bits per heavy atom. The Kier molecular flexibility index (Phi) is 4.56. The maximum absolute atomic E-state index is 12.2. The molecular formula is C15H21NO4S. The van der Waals surface area contributed by atoms with Crippen molar-refractivity contribution in [2.45, 2.75) is 45.3 Å². The fraction of sp³-hybridized carbons (Fsp3) is 0.600. The molecule has 1 aliphatic heterocycles. The van der Waals surface area contributed by atoms with Gasteiger partial charge in [0.1, 0.15) is 11.6 Å². The van der Waals surface area contributed by atoms with Crippen LogP contribution in [-0.2, 0) is 16.0 Å². The quantitative estimate of drug-likeness (QED) is 0.932. The van der Waals surface area contributed by atoms with E-state index in [9.17, 15) is 14.7 Å². The van der Waals surface area contributed by atoms with Gasteiger partial charge in [0.05, 0.1) is 0 Å². The van der Waals surface area contributed by atoms with Crippen molar-refractivity contribution in [3.8, 4) is 0 Å². The number of hydrogen-bond acceptors (Lipinski definition) is 4. The highest BCUT2D eigenvalue weighted by Crippen LogP contribution is 2.28. The smallest absolute Gasteiger partial charge is 0.411 e. The van der Waals surface area contributed by atoms with Gasteiger partial charge in [-0.15, -0.1) is 0 Å². The Hall–Kier alpha value is -1.56. The molecular weight excluding hydrogens is 290 g/mol. The monoisotopic (exact) mass is 311 g/mol. The van der Waals surface area contributed by atoms with E-state index in [1.807, 2.05) is 11.4 Å². The molecule has 2 heterocycles. The van der Waals surface area contributed by atoms with Crippen molar-refractivity contribution in [1.82, 2.24) is 4.90 Å². The number of amides is 1. The maximum Gasteiger partial charge on any atom is 0.411 e. The lowest BCUT2D eigenvalue weighted by Gasteiger charge is -2.26. The summed E-state index contributed by atoms with van der Waals surface area (Å²) >= 11 is 1.62. The van der Waals surface area contributed by atoms with Gasteiger partial charge in [0.15, 0.2) is 0 Å². The molecule has 1 aliphatic rings. The average molecular weight is 311 g/mol. The fourth-order valence-corrected chi connectivity index (χ4v) is 3.25. The standard InChI is InChI=1S/C15H21NO4S/c1-15(2,3)20-14(19)16-8-11(7-12(16)13(17)18)6-10-4-5-21-9-10/h4-5,9,11-12H,6-8H2,1-3H3,(H,17,18)/t11-,12+/m0/s1. The van der Waals surface area contributed by atoms with Crippen LogP contribution in [0.4, 0.5) is 4.79 Å². The molecule has 2 atom stereocenters. The summed E-state index contributed by atoms with van der Waals surface area (Å²) < 4.78 is 5.31. The highest BCUT2D eigenvalue weighted by Gasteiger charge is 2.41. The molecule has 2 rings (SSSR count). The van der Waals surface area contributed by atoms with Gasteiger partial charge >= 0.3 is 12.1 Å². The molecule has 0 saturated carbocycles. The molecule has 0 aliphatic carbocycles. The summed E-state index contributed by atoms with van der Waals surface area (Å²) in [6, 6.07) is 1.25. The third kappa shape index (κ3) is 4.20. The number of carbonyl (C=O) groups is 2. The second-order valence-corrected chi connectivity index (χ2v) is 7.20. The summed E-state index contributed by atoms with van der Waals surface area (Å²) in [6.07, 6.45) is 0.736. The molecule has 0 radical (unpaired) electrons. The third-order valence-electron chi connectivity index (χ3n) is 3.41. The lowest BCUT2D eigenvalue weighted by molar-refractivity contribution is -0.142. The number of thiophene rings is 1. The summed E-state index contributed by atoms with van der Waals surface area (Å²) in [5.74, 6) is -0.804. The molecule has 6 heteroatoms. The summed E-state index contributed by atoms with van der Waals surface area (Å²) in [6.45, 7) is 5.76. The second-order valence-electron chi connectivity index (χ2n) is 6.42. The average Bonchev–Trinajstić information content (AvgIpc) is 2.96. The Balaban J connectivity index is 2.05. The number of carbonyl (C=O) groups excluding carboxylic acids is 1. The van der Waals surface area contributed by atoms with Crippen LogP contribution in [-0.4, -0.2) is 40.3 Å². The van der Waals surface area contributed by atoms with Crippen LogP contribution in [0.2, 0.25) is 0 Å². The molecule has 1 fully saturated rings. The topological polar surface area (TPSA) is 66.8 Å². The Morgan fingerprint density at radius 1 is 1.48 bits per heavy atom. The molecule has 0 bridgehead atoms. The van der Waals surface area contributed by atoms with E-state index in [2.05, 4.69) is 5.38 Å². The van der Waals surface area contributed by atoms with Crippen LogP contribution in [0.5, 0.6) is 0 Å². The van der Waals surface area contributed by atoms with E-state index < -0.39 is 23.7 Å². The molecule has 1 aromatic rings. The molecule has 0 aromatic carbocycles. The van der Waals surface area contributed by atoms with Crippen LogP contribution >= 0.6 is 11.3 Å². The predicted molar refractivity (Wildman–Crippen MR) is 80.5 cm³/mol. The molecule has 1 saturated heterocycles. The van der Waals surface area contributed by atoms with Gasteiger partial charge in [-0.1, -0.05) is 0 Å². The highest BCUT2D eigenvalue weighted by atomic mass is 32.1. The normalized spacial score (nSPS) is 22.3. The van der Waals surface area contributed by atoms with Gasteiger partial charge in [-0.3, -0.25) is 4.90 Å². The van der Waals surface area contributed by atoms with Crippen LogP contribution in [0.3, 0.4) is 0 Å². The van der Waals surface area contributed by atoms with Crippen LogP contribution in [0, 0.1) is 5.92 Å². The van der Waals surface area contributed by atoms with Crippen LogP contribution in [0.1, 0.15) is 32.8 Å². The van der Waals surface area contributed by atoms with Crippen molar-refractivity contribution in [2.75, 3.05) is 6.54 Å². The van der Waals surface area contributed by atoms with E-state index in [1.165, 1.54) is 10.5 Å². The minimum absolute atomic E-state index is 0.160. The van der Waals surface area contributed by atoms with Crippen molar-refractivity contribution in [3.63, 3.8) is 0 Å². The molecule has 1 N–H and O–H groups in total. The van der Waals surface area contributed by atoms with Crippen molar-refractivity contribution >= 4 is 23.4 Å². The molecule has 21 heavy (non-hydrogen) atoms. The van der Waals surface area contributed by atoms with Crippen molar-refractivity contribution in [2.24, 2.45) is 5.92 Å². The molecule has 116 valence electrons. The van der Waals surface area contributed by atoms with E-state index >= 15 is 0 Å². The first-order chi connectivity index (χ1) is 9.76. The lowest BCUT2D eigenvalue weighted by Crippen LogP contribution is -2.43. The lowest BCUT2D eigenvalue weighted by atomic mass is 9.98. The number of nitrogens with zero attached hydrogens (tertiary/aromatic N) is 1. The second kappa shape index (κ2) is 6.05. The first-order valence-corrected chi connectivity index (χ1v) is 7.94.